The monoisotopic (exact) mass is 253 g/mol. The summed E-state index contributed by atoms with van der Waals surface area (Å²) in [4.78, 5) is 0. The molecule has 0 aliphatic rings. The molecule has 0 heterocycles. The van der Waals surface area contributed by atoms with E-state index >= 15 is 0 Å². The SMILES string of the molecule is CC(CCCC(C)(C)O)NC(C)S(=O)(=O)O. The van der Waals surface area contributed by atoms with Crippen molar-refractivity contribution in [3.05, 3.63) is 0 Å². The van der Waals surface area contributed by atoms with Crippen LogP contribution in [-0.2, 0) is 10.1 Å². The van der Waals surface area contributed by atoms with Gasteiger partial charge in [0.1, 0.15) is 5.37 Å². The number of hydrogen-bond acceptors (Lipinski definition) is 4. The third-order valence-electron chi connectivity index (χ3n) is 2.39. The second-order valence-electron chi connectivity index (χ2n) is 4.93. The quantitative estimate of drug-likeness (QED) is 0.592. The summed E-state index contributed by atoms with van der Waals surface area (Å²) in [6, 6.07) is -0.0146. The first-order valence-corrected chi connectivity index (χ1v) is 6.97. The first kappa shape index (κ1) is 15.8. The van der Waals surface area contributed by atoms with E-state index in [0.717, 1.165) is 12.8 Å². The molecule has 0 aliphatic carbocycles. The highest BCUT2D eigenvalue weighted by Crippen LogP contribution is 2.13. The summed E-state index contributed by atoms with van der Waals surface area (Å²) in [6.45, 7) is 6.74. The first-order chi connectivity index (χ1) is 7.02. The van der Waals surface area contributed by atoms with Crippen molar-refractivity contribution in [2.75, 3.05) is 0 Å². The van der Waals surface area contributed by atoms with E-state index in [1.165, 1.54) is 6.92 Å². The molecular formula is C10H23NO4S. The van der Waals surface area contributed by atoms with E-state index in [9.17, 15) is 13.5 Å². The highest BCUT2D eigenvalue weighted by atomic mass is 32.2. The Balaban J connectivity index is 3.88. The van der Waals surface area contributed by atoms with Crippen LogP contribution in [0.1, 0.15) is 47.0 Å². The highest BCUT2D eigenvalue weighted by molar-refractivity contribution is 7.86. The predicted octanol–water partition coefficient (Wildman–Crippen LogP) is 1.14. The smallest absolute Gasteiger partial charge is 0.280 e. The van der Waals surface area contributed by atoms with Crippen LogP contribution in [-0.4, -0.2) is 35.1 Å². The summed E-state index contributed by atoms with van der Waals surface area (Å²) >= 11 is 0. The number of rotatable bonds is 7. The van der Waals surface area contributed by atoms with Gasteiger partial charge in [0.2, 0.25) is 0 Å². The lowest BCUT2D eigenvalue weighted by atomic mass is 10.00. The molecule has 2 unspecified atom stereocenters. The molecule has 98 valence electrons. The largest absolute Gasteiger partial charge is 0.390 e. The first-order valence-electron chi connectivity index (χ1n) is 5.47. The molecule has 0 amide bonds. The van der Waals surface area contributed by atoms with Crippen molar-refractivity contribution in [2.24, 2.45) is 0 Å². The van der Waals surface area contributed by atoms with Crippen molar-refractivity contribution >= 4 is 10.1 Å². The van der Waals surface area contributed by atoms with Crippen LogP contribution in [0.4, 0.5) is 0 Å². The van der Waals surface area contributed by atoms with E-state index < -0.39 is 21.1 Å². The molecule has 0 bridgehead atoms. The van der Waals surface area contributed by atoms with E-state index in [0.29, 0.717) is 6.42 Å². The van der Waals surface area contributed by atoms with Crippen molar-refractivity contribution in [1.82, 2.24) is 5.32 Å². The van der Waals surface area contributed by atoms with Gasteiger partial charge in [0.15, 0.2) is 0 Å². The van der Waals surface area contributed by atoms with Crippen molar-refractivity contribution in [1.29, 1.82) is 0 Å². The highest BCUT2D eigenvalue weighted by Gasteiger charge is 2.19. The van der Waals surface area contributed by atoms with Crippen LogP contribution in [0, 0.1) is 0 Å². The molecule has 0 aromatic heterocycles. The average Bonchev–Trinajstić information content (AvgIpc) is 1.99. The zero-order valence-corrected chi connectivity index (χ0v) is 11.2. The Morgan fingerprint density at radius 1 is 1.31 bits per heavy atom. The summed E-state index contributed by atoms with van der Waals surface area (Å²) < 4.78 is 30.3. The molecule has 5 nitrogen and oxygen atoms in total. The number of hydrogen-bond donors (Lipinski definition) is 3. The van der Waals surface area contributed by atoms with Crippen LogP contribution < -0.4 is 5.32 Å². The Labute approximate surface area is 98.0 Å². The molecule has 3 N–H and O–H groups in total. The van der Waals surface area contributed by atoms with Crippen molar-refractivity contribution in [3.63, 3.8) is 0 Å². The lowest BCUT2D eigenvalue weighted by Crippen LogP contribution is -2.39. The molecule has 0 aliphatic heterocycles. The normalized spacial score (nSPS) is 17.1. The van der Waals surface area contributed by atoms with Crippen molar-refractivity contribution in [3.8, 4) is 0 Å². The molecule has 0 spiro atoms. The van der Waals surface area contributed by atoms with Gasteiger partial charge in [-0.2, -0.15) is 8.42 Å². The minimum absolute atomic E-state index is 0.0146. The Bertz CT molecular complexity index is 294. The fourth-order valence-electron chi connectivity index (χ4n) is 1.41. The van der Waals surface area contributed by atoms with Crippen LogP contribution in [0.25, 0.3) is 0 Å². The molecule has 0 aromatic rings. The number of aliphatic hydroxyl groups is 1. The lowest BCUT2D eigenvalue weighted by Gasteiger charge is -2.20. The van der Waals surface area contributed by atoms with Crippen LogP contribution in [0.15, 0.2) is 0 Å². The molecule has 0 aromatic carbocycles. The lowest BCUT2D eigenvalue weighted by molar-refractivity contribution is 0.0675. The van der Waals surface area contributed by atoms with Gasteiger partial charge in [-0.25, -0.2) is 0 Å². The molecule has 0 radical (unpaired) electrons. The van der Waals surface area contributed by atoms with Crippen LogP contribution in [0.3, 0.4) is 0 Å². The number of nitrogens with one attached hydrogen (secondary N) is 1. The zero-order chi connectivity index (χ0) is 13.0. The van der Waals surface area contributed by atoms with Gasteiger partial charge < -0.3 is 5.11 Å². The van der Waals surface area contributed by atoms with E-state index in [4.69, 9.17) is 4.55 Å². The fourth-order valence-corrected chi connectivity index (χ4v) is 1.82. The van der Waals surface area contributed by atoms with Gasteiger partial charge in [0.05, 0.1) is 5.60 Å². The molecule has 6 heteroatoms. The molecule has 0 rings (SSSR count). The topological polar surface area (TPSA) is 86.6 Å². The Kier molecular flexibility index (Phi) is 5.89. The van der Waals surface area contributed by atoms with Gasteiger partial charge in [-0.3, -0.25) is 9.87 Å². The zero-order valence-electron chi connectivity index (χ0n) is 10.4. The van der Waals surface area contributed by atoms with Gasteiger partial charge in [0.25, 0.3) is 10.1 Å². The Morgan fingerprint density at radius 3 is 2.19 bits per heavy atom. The van der Waals surface area contributed by atoms with Crippen LogP contribution in [0.5, 0.6) is 0 Å². The molecule has 0 saturated heterocycles. The molecular weight excluding hydrogens is 230 g/mol. The minimum atomic E-state index is -4.01. The maximum absolute atomic E-state index is 10.8. The summed E-state index contributed by atoms with van der Waals surface area (Å²) in [7, 11) is -4.01. The van der Waals surface area contributed by atoms with Gasteiger partial charge >= 0.3 is 0 Å². The van der Waals surface area contributed by atoms with Gasteiger partial charge in [-0.15, -0.1) is 0 Å². The van der Waals surface area contributed by atoms with Gasteiger partial charge in [-0.1, -0.05) is 0 Å². The van der Waals surface area contributed by atoms with Crippen LogP contribution >= 0.6 is 0 Å². The average molecular weight is 253 g/mol. The minimum Gasteiger partial charge on any atom is -0.390 e. The van der Waals surface area contributed by atoms with Gasteiger partial charge in [-0.05, 0) is 47.0 Å². The van der Waals surface area contributed by atoms with Crippen molar-refractivity contribution < 1.29 is 18.1 Å². The fraction of sp³-hybridized carbons (Fsp3) is 1.00. The molecule has 0 saturated carbocycles. The second kappa shape index (κ2) is 5.95. The molecule has 0 fully saturated rings. The van der Waals surface area contributed by atoms with Gasteiger partial charge in [0, 0.05) is 6.04 Å². The van der Waals surface area contributed by atoms with E-state index in [-0.39, 0.29) is 6.04 Å². The third-order valence-corrected chi connectivity index (χ3v) is 3.42. The standard InChI is InChI=1S/C10H23NO4S/c1-8(6-5-7-10(3,4)12)11-9(2)16(13,14)15/h8-9,11-12H,5-7H2,1-4H3,(H,13,14,15). The molecule has 2 atom stereocenters. The summed E-state index contributed by atoms with van der Waals surface area (Å²) in [5, 5.41) is 11.3. The third kappa shape index (κ3) is 8.04. The summed E-state index contributed by atoms with van der Waals surface area (Å²) in [5.74, 6) is 0. The maximum atomic E-state index is 10.8. The van der Waals surface area contributed by atoms with E-state index in [2.05, 4.69) is 5.32 Å². The summed E-state index contributed by atoms with van der Waals surface area (Å²) in [6.07, 6.45) is 2.22. The van der Waals surface area contributed by atoms with E-state index in [1.807, 2.05) is 6.92 Å². The van der Waals surface area contributed by atoms with E-state index in [1.54, 1.807) is 13.8 Å². The Morgan fingerprint density at radius 2 is 1.81 bits per heavy atom. The summed E-state index contributed by atoms with van der Waals surface area (Å²) in [5.41, 5.74) is -0.686. The molecule has 16 heavy (non-hydrogen) atoms. The second-order valence-corrected chi connectivity index (χ2v) is 6.67. The van der Waals surface area contributed by atoms with Crippen molar-refractivity contribution in [2.45, 2.75) is 64.0 Å². The maximum Gasteiger partial charge on any atom is 0.280 e. The van der Waals surface area contributed by atoms with Crippen LogP contribution in [0.2, 0.25) is 0 Å². The predicted molar refractivity (Wildman–Crippen MR) is 63.8 cm³/mol. The Hall–Kier alpha value is -0.170.